The molecule has 2 heterocycles. The number of fused-ring (bicyclic) bond motifs is 1. The van der Waals surface area contributed by atoms with Crippen LogP contribution in [0.1, 0.15) is 16.1 Å². The van der Waals surface area contributed by atoms with Gasteiger partial charge in [-0.15, -0.1) is 0 Å². The quantitative estimate of drug-likeness (QED) is 0.787. The number of pyridine rings is 1. The minimum atomic E-state index is -0.374. The van der Waals surface area contributed by atoms with Crippen molar-refractivity contribution < 1.29 is 9.18 Å². The van der Waals surface area contributed by atoms with Crippen molar-refractivity contribution in [1.29, 1.82) is 0 Å². The number of carbonyl (C=O) groups excluding carboxylic acids is 1. The molecule has 0 unspecified atom stereocenters. The van der Waals surface area contributed by atoms with E-state index in [2.05, 4.69) is 15.4 Å². The van der Waals surface area contributed by atoms with Crippen molar-refractivity contribution in [2.24, 2.45) is 7.05 Å². The first-order chi connectivity index (χ1) is 10.0. The van der Waals surface area contributed by atoms with Crippen molar-refractivity contribution >= 4 is 22.6 Å². The molecular weight excluding hydrogens is 271 g/mol. The molecule has 0 aliphatic heterocycles. The Morgan fingerprint density at radius 1 is 1.29 bits per heavy atom. The Bertz CT molecular complexity index is 824. The smallest absolute Gasteiger partial charge is 0.255 e. The first kappa shape index (κ1) is 13.2. The van der Waals surface area contributed by atoms with Gasteiger partial charge in [-0.1, -0.05) is 0 Å². The van der Waals surface area contributed by atoms with E-state index in [1.54, 1.807) is 10.9 Å². The third kappa shape index (κ3) is 2.47. The van der Waals surface area contributed by atoms with Crippen LogP contribution >= 0.6 is 0 Å². The molecule has 2 aromatic heterocycles. The van der Waals surface area contributed by atoms with Gasteiger partial charge in [0.15, 0.2) is 5.65 Å². The molecule has 0 radical (unpaired) electrons. The van der Waals surface area contributed by atoms with Crippen LogP contribution in [0.2, 0.25) is 0 Å². The Kier molecular flexibility index (Phi) is 3.13. The van der Waals surface area contributed by atoms with Crippen LogP contribution in [0.4, 0.5) is 10.1 Å². The second kappa shape index (κ2) is 4.97. The highest BCUT2D eigenvalue weighted by Crippen LogP contribution is 2.19. The van der Waals surface area contributed by atoms with Gasteiger partial charge < -0.3 is 5.32 Å². The molecule has 0 fully saturated rings. The largest absolute Gasteiger partial charge is 0.321 e. The highest BCUT2D eigenvalue weighted by molar-refractivity contribution is 6.04. The maximum Gasteiger partial charge on any atom is 0.255 e. The zero-order valence-corrected chi connectivity index (χ0v) is 11.6. The zero-order valence-electron chi connectivity index (χ0n) is 11.6. The van der Waals surface area contributed by atoms with E-state index in [1.165, 1.54) is 24.3 Å². The van der Waals surface area contributed by atoms with Crippen LogP contribution in [0, 0.1) is 12.7 Å². The molecule has 0 spiro atoms. The Balaban J connectivity index is 1.89. The van der Waals surface area contributed by atoms with Gasteiger partial charge in [-0.3, -0.25) is 9.48 Å². The van der Waals surface area contributed by atoms with Crippen molar-refractivity contribution in [1.82, 2.24) is 14.8 Å². The molecular formula is C15H13FN4O. The molecule has 1 aromatic carbocycles. The van der Waals surface area contributed by atoms with Crippen molar-refractivity contribution in [2.45, 2.75) is 6.92 Å². The summed E-state index contributed by atoms with van der Waals surface area (Å²) >= 11 is 0. The van der Waals surface area contributed by atoms with Gasteiger partial charge in [0.25, 0.3) is 5.91 Å². The van der Waals surface area contributed by atoms with E-state index in [4.69, 9.17) is 0 Å². The SMILES string of the molecule is Cc1nn(C)c2ncc(NC(=O)c3ccc(F)cc3)cc12. The predicted octanol–water partition coefficient (Wildman–Crippen LogP) is 2.67. The fraction of sp³-hybridized carbons (Fsp3) is 0.133. The van der Waals surface area contributed by atoms with E-state index >= 15 is 0 Å². The molecule has 1 N–H and O–H groups in total. The van der Waals surface area contributed by atoms with E-state index in [1.807, 2.05) is 20.0 Å². The number of nitrogens with zero attached hydrogens (tertiary/aromatic N) is 3. The lowest BCUT2D eigenvalue weighted by Gasteiger charge is -2.05. The molecule has 1 amide bonds. The van der Waals surface area contributed by atoms with Gasteiger partial charge in [0, 0.05) is 18.0 Å². The summed E-state index contributed by atoms with van der Waals surface area (Å²) < 4.78 is 14.5. The average molecular weight is 284 g/mol. The molecule has 0 bridgehead atoms. The van der Waals surface area contributed by atoms with Crippen LogP contribution in [-0.2, 0) is 7.05 Å². The number of hydrogen-bond acceptors (Lipinski definition) is 3. The highest BCUT2D eigenvalue weighted by atomic mass is 19.1. The lowest BCUT2D eigenvalue weighted by molar-refractivity contribution is 0.102. The van der Waals surface area contributed by atoms with E-state index in [0.717, 1.165) is 16.7 Å². The molecule has 0 aliphatic rings. The fourth-order valence-corrected chi connectivity index (χ4v) is 2.18. The maximum atomic E-state index is 12.8. The Hall–Kier alpha value is -2.76. The number of hydrogen-bond donors (Lipinski definition) is 1. The maximum absolute atomic E-state index is 12.8. The summed E-state index contributed by atoms with van der Waals surface area (Å²) in [6.07, 6.45) is 1.57. The van der Waals surface area contributed by atoms with E-state index < -0.39 is 0 Å². The topological polar surface area (TPSA) is 59.8 Å². The summed E-state index contributed by atoms with van der Waals surface area (Å²) in [6.45, 7) is 1.88. The van der Waals surface area contributed by atoms with Crippen LogP contribution < -0.4 is 5.32 Å². The molecule has 0 saturated carbocycles. The number of aryl methyl sites for hydroxylation is 2. The molecule has 3 rings (SSSR count). The standard InChI is InChI=1S/C15H13FN4O/c1-9-13-7-12(8-17-14(13)20(2)19-9)18-15(21)10-3-5-11(16)6-4-10/h3-8H,1-2H3,(H,18,21). The summed E-state index contributed by atoms with van der Waals surface area (Å²) in [5, 5.41) is 7.91. The van der Waals surface area contributed by atoms with Crippen molar-refractivity contribution in [3.05, 3.63) is 53.6 Å². The fourth-order valence-electron chi connectivity index (χ4n) is 2.18. The first-order valence-electron chi connectivity index (χ1n) is 6.41. The van der Waals surface area contributed by atoms with Crippen LogP contribution in [0.5, 0.6) is 0 Å². The third-order valence-corrected chi connectivity index (χ3v) is 3.23. The third-order valence-electron chi connectivity index (χ3n) is 3.23. The number of carbonyl (C=O) groups is 1. The van der Waals surface area contributed by atoms with Gasteiger partial charge >= 0.3 is 0 Å². The van der Waals surface area contributed by atoms with Crippen LogP contribution in [0.15, 0.2) is 36.5 Å². The Morgan fingerprint density at radius 3 is 2.71 bits per heavy atom. The highest BCUT2D eigenvalue weighted by Gasteiger charge is 2.10. The number of amides is 1. The molecule has 3 aromatic rings. The predicted molar refractivity (Wildman–Crippen MR) is 77.6 cm³/mol. The second-order valence-corrected chi connectivity index (χ2v) is 4.77. The molecule has 21 heavy (non-hydrogen) atoms. The minimum Gasteiger partial charge on any atom is -0.321 e. The number of halogens is 1. The normalized spacial score (nSPS) is 10.8. The summed E-state index contributed by atoms with van der Waals surface area (Å²) in [5.74, 6) is -0.682. The van der Waals surface area contributed by atoms with Gasteiger partial charge in [0.2, 0.25) is 0 Å². The second-order valence-electron chi connectivity index (χ2n) is 4.77. The van der Waals surface area contributed by atoms with Gasteiger partial charge in [-0.2, -0.15) is 5.10 Å². The van der Waals surface area contributed by atoms with E-state index in [0.29, 0.717) is 11.3 Å². The zero-order chi connectivity index (χ0) is 15.0. The monoisotopic (exact) mass is 284 g/mol. The number of rotatable bonds is 2. The molecule has 0 saturated heterocycles. The summed E-state index contributed by atoms with van der Waals surface area (Å²) in [6, 6.07) is 7.20. The van der Waals surface area contributed by atoms with Crippen LogP contribution in [0.25, 0.3) is 11.0 Å². The number of nitrogens with one attached hydrogen (secondary N) is 1. The molecule has 0 atom stereocenters. The van der Waals surface area contributed by atoms with E-state index in [-0.39, 0.29) is 11.7 Å². The minimum absolute atomic E-state index is 0.308. The lowest BCUT2D eigenvalue weighted by Crippen LogP contribution is -2.12. The lowest BCUT2D eigenvalue weighted by atomic mass is 10.2. The van der Waals surface area contributed by atoms with Crippen LogP contribution in [0.3, 0.4) is 0 Å². The summed E-state index contributed by atoms with van der Waals surface area (Å²) in [4.78, 5) is 16.4. The van der Waals surface area contributed by atoms with Gasteiger partial charge in [-0.05, 0) is 37.3 Å². The summed E-state index contributed by atoms with van der Waals surface area (Å²) in [5.41, 5.74) is 2.57. The van der Waals surface area contributed by atoms with Crippen molar-refractivity contribution in [3.8, 4) is 0 Å². The van der Waals surface area contributed by atoms with Gasteiger partial charge in [0.1, 0.15) is 5.82 Å². The number of anilines is 1. The van der Waals surface area contributed by atoms with Crippen LogP contribution in [-0.4, -0.2) is 20.7 Å². The first-order valence-corrected chi connectivity index (χ1v) is 6.41. The average Bonchev–Trinajstić information content (AvgIpc) is 2.74. The van der Waals surface area contributed by atoms with E-state index in [9.17, 15) is 9.18 Å². The Morgan fingerprint density at radius 2 is 2.00 bits per heavy atom. The van der Waals surface area contributed by atoms with Crippen molar-refractivity contribution in [3.63, 3.8) is 0 Å². The van der Waals surface area contributed by atoms with Gasteiger partial charge in [0.05, 0.1) is 17.6 Å². The molecule has 5 nitrogen and oxygen atoms in total. The molecule has 0 aliphatic carbocycles. The molecule has 106 valence electrons. The number of benzene rings is 1. The summed E-state index contributed by atoms with van der Waals surface area (Å²) in [7, 11) is 1.82. The van der Waals surface area contributed by atoms with Gasteiger partial charge in [-0.25, -0.2) is 9.37 Å². The molecule has 6 heteroatoms. The van der Waals surface area contributed by atoms with Crippen molar-refractivity contribution in [2.75, 3.05) is 5.32 Å². The number of aromatic nitrogens is 3. The Labute approximate surface area is 120 Å².